The topological polar surface area (TPSA) is 66.9 Å². The van der Waals surface area contributed by atoms with Crippen LogP contribution in [-0.2, 0) is 13.0 Å². The van der Waals surface area contributed by atoms with Crippen LogP contribution in [0.1, 0.15) is 21.5 Å². The Morgan fingerprint density at radius 2 is 1.92 bits per heavy atom. The minimum absolute atomic E-state index is 0.237. The summed E-state index contributed by atoms with van der Waals surface area (Å²) in [5.41, 5.74) is 2.82. The first-order valence-electron chi connectivity index (χ1n) is 8.32. The lowest BCUT2D eigenvalue weighted by Crippen LogP contribution is -2.26. The molecule has 3 rings (SSSR count). The molecule has 26 heavy (non-hydrogen) atoms. The van der Waals surface area contributed by atoms with Crippen LogP contribution >= 0.6 is 0 Å². The number of hydrogen-bond acceptors (Lipinski definition) is 4. The molecule has 0 aliphatic carbocycles. The number of aromatic nitrogens is 2. The Bertz CT molecular complexity index is 870. The molecule has 0 saturated heterocycles. The Kier molecular flexibility index (Phi) is 5.88. The fourth-order valence-electron chi connectivity index (χ4n) is 2.48. The van der Waals surface area contributed by atoms with E-state index in [1.54, 1.807) is 42.9 Å². The van der Waals surface area contributed by atoms with Crippen molar-refractivity contribution in [3.63, 3.8) is 0 Å². The van der Waals surface area contributed by atoms with Crippen molar-refractivity contribution in [3.8, 4) is 0 Å². The van der Waals surface area contributed by atoms with Gasteiger partial charge in [0, 0.05) is 37.9 Å². The Morgan fingerprint density at radius 1 is 1.04 bits per heavy atom. The maximum Gasteiger partial charge on any atom is 0.252 e. The van der Waals surface area contributed by atoms with Gasteiger partial charge < -0.3 is 10.6 Å². The van der Waals surface area contributed by atoms with Gasteiger partial charge in [-0.2, -0.15) is 0 Å². The Hall–Kier alpha value is -3.28. The molecule has 5 nitrogen and oxygen atoms in total. The van der Waals surface area contributed by atoms with Gasteiger partial charge in [0.2, 0.25) is 0 Å². The highest BCUT2D eigenvalue weighted by molar-refractivity contribution is 5.94. The highest BCUT2D eigenvalue weighted by Crippen LogP contribution is 2.11. The molecule has 2 aromatic heterocycles. The molecule has 1 amide bonds. The molecule has 2 N–H and O–H groups in total. The van der Waals surface area contributed by atoms with Gasteiger partial charge in [-0.15, -0.1) is 0 Å². The minimum Gasteiger partial charge on any atom is -0.380 e. The first-order chi connectivity index (χ1) is 12.7. The zero-order chi connectivity index (χ0) is 18.2. The number of hydrogen-bond donors (Lipinski definition) is 2. The molecule has 0 atom stereocenters. The lowest BCUT2D eigenvalue weighted by atomic mass is 10.1. The van der Waals surface area contributed by atoms with Crippen LogP contribution in [0.3, 0.4) is 0 Å². The van der Waals surface area contributed by atoms with Crippen molar-refractivity contribution in [1.29, 1.82) is 0 Å². The summed E-state index contributed by atoms with van der Waals surface area (Å²) >= 11 is 0. The monoisotopic (exact) mass is 350 g/mol. The van der Waals surface area contributed by atoms with Crippen LogP contribution in [0.5, 0.6) is 0 Å². The molecule has 0 saturated carbocycles. The summed E-state index contributed by atoms with van der Waals surface area (Å²) in [6.45, 7) is 0.945. The van der Waals surface area contributed by atoms with Crippen LogP contribution in [0.2, 0.25) is 0 Å². The summed E-state index contributed by atoms with van der Waals surface area (Å²) in [6.07, 6.45) is 7.10. The summed E-state index contributed by atoms with van der Waals surface area (Å²) < 4.78 is 13.6. The van der Waals surface area contributed by atoms with Gasteiger partial charge in [0.05, 0.1) is 11.3 Å². The van der Waals surface area contributed by atoms with E-state index in [9.17, 15) is 9.18 Å². The van der Waals surface area contributed by atoms with E-state index in [0.29, 0.717) is 30.6 Å². The zero-order valence-electron chi connectivity index (χ0n) is 14.2. The summed E-state index contributed by atoms with van der Waals surface area (Å²) in [5, 5.41) is 6.01. The molecule has 3 aromatic rings. The van der Waals surface area contributed by atoms with Gasteiger partial charge in [0.1, 0.15) is 5.82 Å². The molecule has 2 heterocycles. The van der Waals surface area contributed by atoms with Crippen LogP contribution < -0.4 is 10.6 Å². The van der Waals surface area contributed by atoms with Crippen molar-refractivity contribution < 1.29 is 9.18 Å². The maximum atomic E-state index is 13.6. The molecule has 6 heteroatoms. The molecule has 0 spiro atoms. The molecular formula is C20H19FN4O. The molecule has 0 aliphatic heterocycles. The highest BCUT2D eigenvalue weighted by Gasteiger charge is 2.08. The molecule has 0 aliphatic rings. The van der Waals surface area contributed by atoms with E-state index in [-0.39, 0.29) is 11.7 Å². The van der Waals surface area contributed by atoms with Crippen molar-refractivity contribution >= 4 is 11.6 Å². The third-order valence-electron chi connectivity index (χ3n) is 3.86. The smallest absolute Gasteiger partial charge is 0.252 e. The van der Waals surface area contributed by atoms with E-state index in [1.165, 1.54) is 12.3 Å². The Morgan fingerprint density at radius 3 is 2.73 bits per heavy atom. The number of anilines is 1. The van der Waals surface area contributed by atoms with Crippen LogP contribution in [-0.4, -0.2) is 22.4 Å². The second-order valence-electron chi connectivity index (χ2n) is 5.77. The number of nitrogens with zero attached hydrogens (tertiary/aromatic N) is 2. The summed E-state index contributed by atoms with van der Waals surface area (Å²) in [6, 6.07) is 12.1. The molecule has 1 aromatic carbocycles. The molecule has 0 bridgehead atoms. The number of pyridine rings is 2. The van der Waals surface area contributed by atoms with E-state index in [2.05, 4.69) is 20.6 Å². The van der Waals surface area contributed by atoms with Gasteiger partial charge in [-0.3, -0.25) is 14.8 Å². The highest BCUT2D eigenvalue weighted by atomic mass is 19.1. The molecule has 132 valence electrons. The van der Waals surface area contributed by atoms with Gasteiger partial charge in [0.15, 0.2) is 0 Å². The van der Waals surface area contributed by atoms with Gasteiger partial charge >= 0.3 is 0 Å². The average Bonchev–Trinajstić information content (AvgIpc) is 2.69. The van der Waals surface area contributed by atoms with E-state index in [4.69, 9.17) is 0 Å². The largest absolute Gasteiger partial charge is 0.380 e. The number of rotatable bonds is 7. The first kappa shape index (κ1) is 17.5. The summed E-state index contributed by atoms with van der Waals surface area (Å²) in [5.74, 6) is -0.496. The fraction of sp³-hybridized carbons (Fsp3) is 0.150. The van der Waals surface area contributed by atoms with E-state index < -0.39 is 0 Å². The molecule has 0 unspecified atom stereocenters. The number of nitrogens with one attached hydrogen (secondary N) is 2. The summed E-state index contributed by atoms with van der Waals surface area (Å²) in [4.78, 5) is 20.4. The van der Waals surface area contributed by atoms with Crippen LogP contribution in [0.4, 0.5) is 10.1 Å². The summed E-state index contributed by atoms with van der Waals surface area (Å²) in [7, 11) is 0. The van der Waals surface area contributed by atoms with E-state index in [0.717, 1.165) is 11.3 Å². The molecular weight excluding hydrogens is 331 g/mol. The van der Waals surface area contributed by atoms with Crippen molar-refractivity contribution in [2.45, 2.75) is 13.0 Å². The van der Waals surface area contributed by atoms with E-state index >= 15 is 0 Å². The van der Waals surface area contributed by atoms with E-state index in [1.807, 2.05) is 12.1 Å². The van der Waals surface area contributed by atoms with Crippen molar-refractivity contribution in [2.24, 2.45) is 0 Å². The SMILES string of the molecule is O=C(NCCc1ccccc1F)c1cncc(NCc2cccnc2)c1. The zero-order valence-corrected chi connectivity index (χ0v) is 14.2. The Labute approximate surface area is 151 Å². The fourth-order valence-corrected chi connectivity index (χ4v) is 2.48. The van der Waals surface area contributed by atoms with Crippen molar-refractivity contribution in [3.05, 3.63) is 89.8 Å². The Balaban J connectivity index is 1.53. The normalized spacial score (nSPS) is 10.3. The number of amides is 1. The minimum atomic E-state index is -0.259. The van der Waals surface area contributed by atoms with Crippen molar-refractivity contribution in [1.82, 2.24) is 15.3 Å². The quantitative estimate of drug-likeness (QED) is 0.687. The third-order valence-corrected chi connectivity index (χ3v) is 3.86. The third kappa shape index (κ3) is 4.86. The van der Waals surface area contributed by atoms with Crippen LogP contribution in [0.15, 0.2) is 67.3 Å². The standard InChI is InChI=1S/C20H19FN4O/c21-19-6-2-1-5-16(19)7-9-24-20(26)17-10-18(14-23-13-17)25-12-15-4-3-8-22-11-15/h1-6,8,10-11,13-14,25H,7,9,12H2,(H,24,26). The predicted octanol–water partition coefficient (Wildman–Crippen LogP) is 3.20. The maximum absolute atomic E-state index is 13.6. The molecule has 0 radical (unpaired) electrons. The number of halogens is 1. The van der Waals surface area contributed by atoms with Gasteiger partial charge in [-0.25, -0.2) is 4.39 Å². The number of benzene rings is 1. The van der Waals surface area contributed by atoms with Crippen LogP contribution in [0, 0.1) is 5.82 Å². The molecule has 0 fully saturated rings. The second kappa shape index (κ2) is 8.71. The average molecular weight is 350 g/mol. The first-order valence-corrected chi connectivity index (χ1v) is 8.32. The lowest BCUT2D eigenvalue weighted by molar-refractivity contribution is 0.0953. The number of carbonyl (C=O) groups excluding carboxylic acids is 1. The van der Waals surface area contributed by atoms with Crippen LogP contribution in [0.25, 0.3) is 0 Å². The van der Waals surface area contributed by atoms with Gasteiger partial charge in [-0.1, -0.05) is 24.3 Å². The van der Waals surface area contributed by atoms with Crippen molar-refractivity contribution in [2.75, 3.05) is 11.9 Å². The lowest BCUT2D eigenvalue weighted by Gasteiger charge is -2.09. The predicted molar refractivity (Wildman–Crippen MR) is 98.2 cm³/mol. The second-order valence-corrected chi connectivity index (χ2v) is 5.77. The number of carbonyl (C=O) groups is 1. The van der Waals surface area contributed by atoms with Gasteiger partial charge in [-0.05, 0) is 35.7 Å². The van der Waals surface area contributed by atoms with Gasteiger partial charge in [0.25, 0.3) is 5.91 Å².